The van der Waals surface area contributed by atoms with Gasteiger partial charge in [0.2, 0.25) is 5.91 Å². The molecule has 0 aliphatic carbocycles. The van der Waals surface area contributed by atoms with Crippen LogP contribution in [0.5, 0.6) is 0 Å². The van der Waals surface area contributed by atoms with Crippen molar-refractivity contribution in [3.63, 3.8) is 0 Å². The Labute approximate surface area is 153 Å². The minimum atomic E-state index is -0.295. The number of aromatic amines is 1. The summed E-state index contributed by atoms with van der Waals surface area (Å²) in [6.07, 6.45) is 3.54. The molecule has 2 aromatic carbocycles. The lowest BCUT2D eigenvalue weighted by molar-refractivity contribution is -0.130. The Hall–Kier alpha value is -2.59. The molecule has 0 spiro atoms. The number of carbonyl (C=O) groups excluding carboxylic acids is 1. The number of hydrogen-bond donors (Lipinski definition) is 2. The van der Waals surface area contributed by atoms with E-state index in [-0.39, 0.29) is 17.9 Å². The highest BCUT2D eigenvalue weighted by Crippen LogP contribution is 2.30. The molecule has 2 N–H and O–H groups in total. The third-order valence-corrected chi connectivity index (χ3v) is 5.18. The Morgan fingerprint density at radius 1 is 1.23 bits per heavy atom. The summed E-state index contributed by atoms with van der Waals surface area (Å²) in [6.45, 7) is 3.33. The van der Waals surface area contributed by atoms with Gasteiger partial charge >= 0.3 is 0 Å². The summed E-state index contributed by atoms with van der Waals surface area (Å²) in [4.78, 5) is 15.8. The van der Waals surface area contributed by atoms with Gasteiger partial charge < -0.3 is 15.0 Å². The molecular formula is C22H24N2O2. The van der Waals surface area contributed by atoms with Gasteiger partial charge in [0.25, 0.3) is 0 Å². The van der Waals surface area contributed by atoms with Gasteiger partial charge in [-0.2, -0.15) is 0 Å². The van der Waals surface area contributed by atoms with Crippen molar-refractivity contribution in [1.29, 1.82) is 0 Å². The Kier molecular flexibility index (Phi) is 4.76. The summed E-state index contributed by atoms with van der Waals surface area (Å²) in [6, 6.07) is 16.8. The molecule has 2 unspecified atom stereocenters. The smallest absolute Gasteiger partial charge is 0.249 e. The summed E-state index contributed by atoms with van der Waals surface area (Å²) in [5.74, 6) is 0.0940. The maximum Gasteiger partial charge on any atom is 0.249 e. The van der Waals surface area contributed by atoms with Crippen LogP contribution in [0.1, 0.15) is 35.4 Å². The fourth-order valence-corrected chi connectivity index (χ4v) is 3.69. The van der Waals surface area contributed by atoms with Crippen molar-refractivity contribution in [3.8, 4) is 0 Å². The fourth-order valence-electron chi connectivity index (χ4n) is 3.69. The van der Waals surface area contributed by atoms with Crippen LogP contribution < -0.4 is 5.32 Å². The van der Waals surface area contributed by atoms with E-state index >= 15 is 0 Å². The highest BCUT2D eigenvalue weighted by atomic mass is 16.5. The van der Waals surface area contributed by atoms with Gasteiger partial charge in [-0.05, 0) is 37.0 Å². The monoisotopic (exact) mass is 348 g/mol. The molecular weight excluding hydrogens is 324 g/mol. The number of hydrogen-bond acceptors (Lipinski definition) is 2. The molecule has 1 amide bonds. The zero-order valence-electron chi connectivity index (χ0n) is 15.0. The van der Waals surface area contributed by atoms with Crippen molar-refractivity contribution in [2.75, 3.05) is 13.2 Å². The molecule has 0 saturated carbocycles. The van der Waals surface area contributed by atoms with Crippen LogP contribution in [0.4, 0.5) is 0 Å². The molecule has 1 aliphatic heterocycles. The van der Waals surface area contributed by atoms with Crippen LogP contribution in [-0.4, -0.2) is 30.1 Å². The van der Waals surface area contributed by atoms with Crippen molar-refractivity contribution < 1.29 is 9.53 Å². The molecule has 134 valence electrons. The van der Waals surface area contributed by atoms with Crippen molar-refractivity contribution >= 4 is 16.8 Å². The van der Waals surface area contributed by atoms with Crippen LogP contribution in [0.2, 0.25) is 0 Å². The largest absolute Gasteiger partial charge is 0.368 e. The number of aryl methyl sites for hydroxylation is 1. The van der Waals surface area contributed by atoms with Gasteiger partial charge in [0.15, 0.2) is 0 Å². The van der Waals surface area contributed by atoms with Crippen molar-refractivity contribution in [1.82, 2.24) is 10.3 Å². The van der Waals surface area contributed by atoms with Crippen LogP contribution in [0.3, 0.4) is 0 Å². The number of amides is 1. The first-order valence-electron chi connectivity index (χ1n) is 9.24. The van der Waals surface area contributed by atoms with E-state index in [2.05, 4.69) is 65.9 Å². The molecule has 4 heteroatoms. The van der Waals surface area contributed by atoms with E-state index in [1.54, 1.807) is 0 Å². The number of nitrogens with one attached hydrogen (secondary N) is 2. The van der Waals surface area contributed by atoms with E-state index in [4.69, 9.17) is 4.74 Å². The quantitative estimate of drug-likeness (QED) is 0.735. The number of rotatable bonds is 5. The van der Waals surface area contributed by atoms with Gasteiger partial charge in [-0.15, -0.1) is 0 Å². The number of H-pyrrole nitrogens is 1. The summed E-state index contributed by atoms with van der Waals surface area (Å²) in [7, 11) is 0. The average Bonchev–Trinajstić information content (AvgIpc) is 3.33. The predicted octanol–water partition coefficient (Wildman–Crippen LogP) is 3.90. The number of ether oxygens (including phenoxy) is 1. The Morgan fingerprint density at radius 2 is 2.04 bits per heavy atom. The first-order valence-corrected chi connectivity index (χ1v) is 9.24. The third kappa shape index (κ3) is 3.37. The van der Waals surface area contributed by atoms with E-state index < -0.39 is 0 Å². The van der Waals surface area contributed by atoms with E-state index in [1.807, 2.05) is 6.07 Å². The zero-order valence-corrected chi connectivity index (χ0v) is 15.0. The summed E-state index contributed by atoms with van der Waals surface area (Å²) in [5.41, 5.74) is 4.75. The normalized spacial score (nSPS) is 18.1. The molecule has 26 heavy (non-hydrogen) atoms. The first kappa shape index (κ1) is 16.9. The lowest BCUT2D eigenvalue weighted by Gasteiger charge is -2.20. The zero-order chi connectivity index (χ0) is 17.9. The van der Waals surface area contributed by atoms with Crippen LogP contribution in [0.15, 0.2) is 54.7 Å². The van der Waals surface area contributed by atoms with Crippen LogP contribution >= 0.6 is 0 Å². The van der Waals surface area contributed by atoms with Gasteiger partial charge in [0.1, 0.15) is 6.10 Å². The maximum absolute atomic E-state index is 12.4. The number of benzene rings is 2. The summed E-state index contributed by atoms with van der Waals surface area (Å²) < 4.78 is 5.51. The van der Waals surface area contributed by atoms with Crippen LogP contribution in [0, 0.1) is 6.92 Å². The minimum absolute atomic E-state index is 0.000507. The topological polar surface area (TPSA) is 54.1 Å². The SMILES string of the molecule is Cc1ccc(C(CNC(=O)C2CCCO2)c2c[nH]c3ccccc23)cc1. The molecule has 0 radical (unpaired) electrons. The number of fused-ring (bicyclic) bond motifs is 1. The van der Waals surface area contributed by atoms with Gasteiger partial charge in [0, 0.05) is 36.2 Å². The highest BCUT2D eigenvalue weighted by Gasteiger charge is 2.25. The third-order valence-electron chi connectivity index (χ3n) is 5.18. The summed E-state index contributed by atoms with van der Waals surface area (Å²) in [5, 5.41) is 4.31. The molecule has 1 fully saturated rings. The molecule has 4 nitrogen and oxygen atoms in total. The number of carbonyl (C=O) groups is 1. The van der Waals surface area contributed by atoms with Gasteiger partial charge in [0.05, 0.1) is 0 Å². The Balaban J connectivity index is 1.63. The lowest BCUT2D eigenvalue weighted by atomic mass is 9.90. The Bertz CT molecular complexity index is 892. The predicted molar refractivity (Wildman–Crippen MR) is 103 cm³/mol. The standard InChI is InChI=1S/C22H24N2O2/c1-15-8-10-16(11-9-15)18(13-24-22(25)21-7-4-12-26-21)19-14-23-20-6-3-2-5-17(19)20/h2-3,5-6,8-11,14,18,21,23H,4,7,12-13H2,1H3,(H,24,25). The minimum Gasteiger partial charge on any atom is -0.368 e. The second-order valence-electron chi connectivity index (χ2n) is 7.00. The van der Waals surface area contributed by atoms with Gasteiger partial charge in [-0.25, -0.2) is 0 Å². The number of para-hydroxylation sites is 1. The van der Waals surface area contributed by atoms with E-state index in [0.717, 1.165) is 18.4 Å². The Morgan fingerprint density at radius 3 is 2.81 bits per heavy atom. The molecule has 1 aliphatic rings. The first-order chi connectivity index (χ1) is 12.7. The average molecular weight is 348 g/mol. The van der Waals surface area contributed by atoms with E-state index in [0.29, 0.717) is 13.2 Å². The van der Waals surface area contributed by atoms with Crippen molar-refractivity contribution in [2.24, 2.45) is 0 Å². The fraction of sp³-hybridized carbons (Fsp3) is 0.318. The van der Waals surface area contributed by atoms with E-state index in [1.165, 1.54) is 22.1 Å². The molecule has 4 rings (SSSR count). The molecule has 0 bridgehead atoms. The van der Waals surface area contributed by atoms with Crippen LogP contribution in [0.25, 0.3) is 10.9 Å². The second-order valence-corrected chi connectivity index (χ2v) is 7.00. The van der Waals surface area contributed by atoms with Crippen molar-refractivity contribution in [2.45, 2.75) is 31.8 Å². The van der Waals surface area contributed by atoms with Gasteiger partial charge in [-0.1, -0.05) is 48.0 Å². The number of aromatic nitrogens is 1. The molecule has 1 saturated heterocycles. The van der Waals surface area contributed by atoms with Crippen LogP contribution in [-0.2, 0) is 9.53 Å². The van der Waals surface area contributed by atoms with Gasteiger partial charge in [-0.3, -0.25) is 4.79 Å². The lowest BCUT2D eigenvalue weighted by Crippen LogP contribution is -2.36. The van der Waals surface area contributed by atoms with E-state index in [9.17, 15) is 4.79 Å². The summed E-state index contributed by atoms with van der Waals surface area (Å²) >= 11 is 0. The highest BCUT2D eigenvalue weighted by molar-refractivity contribution is 5.85. The van der Waals surface area contributed by atoms with Crippen molar-refractivity contribution in [3.05, 3.63) is 71.4 Å². The second kappa shape index (κ2) is 7.34. The maximum atomic E-state index is 12.4. The molecule has 3 aromatic rings. The molecule has 1 aromatic heterocycles. The molecule has 2 atom stereocenters. The molecule has 2 heterocycles.